The van der Waals surface area contributed by atoms with E-state index in [9.17, 15) is 15.0 Å². The Kier molecular flexibility index (Phi) is 28.7. The van der Waals surface area contributed by atoms with E-state index in [2.05, 4.69) is 13.8 Å². The van der Waals surface area contributed by atoms with E-state index in [1.165, 1.54) is 128 Å². The molecule has 38 heavy (non-hydrogen) atoms. The maximum Gasteiger partial charge on any atom is 0.162 e. The number of aliphatic hydroxyl groups is 2. The van der Waals surface area contributed by atoms with Crippen molar-refractivity contribution in [3.8, 4) is 0 Å². The molecule has 0 aliphatic carbocycles. The van der Waals surface area contributed by atoms with Gasteiger partial charge >= 0.3 is 0 Å². The summed E-state index contributed by atoms with van der Waals surface area (Å²) >= 11 is 0. The van der Waals surface area contributed by atoms with Gasteiger partial charge in [-0.25, -0.2) is 0 Å². The van der Waals surface area contributed by atoms with Crippen molar-refractivity contribution in [3.05, 3.63) is 12.2 Å². The van der Waals surface area contributed by atoms with Crippen LogP contribution in [0.1, 0.15) is 181 Å². The van der Waals surface area contributed by atoms with Crippen LogP contribution in [0.3, 0.4) is 0 Å². The summed E-state index contributed by atoms with van der Waals surface area (Å²) in [7, 11) is 0. The van der Waals surface area contributed by atoms with Gasteiger partial charge in [-0.3, -0.25) is 4.79 Å². The van der Waals surface area contributed by atoms with Crippen molar-refractivity contribution in [3.63, 3.8) is 0 Å². The van der Waals surface area contributed by atoms with E-state index < -0.39 is 18.2 Å². The van der Waals surface area contributed by atoms with Crippen molar-refractivity contribution >= 4 is 5.78 Å². The number of unbranched alkanes of at least 4 members (excludes halogenated alkanes) is 23. The van der Waals surface area contributed by atoms with Gasteiger partial charge in [0.1, 0.15) is 6.10 Å². The molecule has 0 aromatic heterocycles. The highest BCUT2D eigenvalue weighted by molar-refractivity contribution is 5.83. The third-order valence-electron chi connectivity index (χ3n) is 7.92. The summed E-state index contributed by atoms with van der Waals surface area (Å²) in [5, 5.41) is 20.6. The van der Waals surface area contributed by atoms with E-state index in [1.54, 1.807) is 6.08 Å². The molecular formula is C34H67NO3. The zero-order chi connectivity index (χ0) is 28.1. The first-order chi connectivity index (χ1) is 18.5. The monoisotopic (exact) mass is 538 g/mol. The Morgan fingerprint density at radius 2 is 0.921 bits per heavy atom. The number of hydrogen-bond acceptors (Lipinski definition) is 4. The average molecular weight is 538 g/mol. The number of Topliss-reactive ketones (excluding diaryl/α,β-unsaturated/α-hetero) is 1. The van der Waals surface area contributed by atoms with Gasteiger partial charge in [-0.15, -0.1) is 0 Å². The lowest BCUT2D eigenvalue weighted by Crippen LogP contribution is -2.47. The van der Waals surface area contributed by atoms with Gasteiger partial charge in [0, 0.05) is 6.42 Å². The first-order valence-electron chi connectivity index (χ1n) is 16.9. The highest BCUT2D eigenvalue weighted by Crippen LogP contribution is 2.15. The average Bonchev–Trinajstić information content (AvgIpc) is 2.92. The van der Waals surface area contributed by atoms with Crippen LogP contribution >= 0.6 is 0 Å². The van der Waals surface area contributed by atoms with Gasteiger partial charge in [0.15, 0.2) is 5.78 Å². The number of ketones is 1. The molecule has 0 aromatic carbocycles. The summed E-state index contributed by atoms with van der Waals surface area (Å²) in [5.74, 6) is -0.238. The molecule has 3 atom stereocenters. The topological polar surface area (TPSA) is 83.6 Å². The molecule has 0 saturated carbocycles. The van der Waals surface area contributed by atoms with Gasteiger partial charge in [-0.05, 0) is 19.3 Å². The molecule has 4 nitrogen and oxygen atoms in total. The fourth-order valence-electron chi connectivity index (χ4n) is 5.16. The Bertz CT molecular complexity index is 522. The van der Waals surface area contributed by atoms with E-state index in [4.69, 9.17) is 5.73 Å². The first-order valence-corrected chi connectivity index (χ1v) is 16.9. The van der Waals surface area contributed by atoms with E-state index in [-0.39, 0.29) is 5.78 Å². The third kappa shape index (κ3) is 24.3. The number of carbonyl (C=O) groups excluding carboxylic acids is 1. The van der Waals surface area contributed by atoms with Crippen LogP contribution in [0.2, 0.25) is 0 Å². The lowest BCUT2D eigenvalue weighted by molar-refractivity contribution is -0.129. The predicted octanol–water partition coefficient (Wildman–Crippen LogP) is 9.34. The molecular weight excluding hydrogens is 470 g/mol. The zero-order valence-corrected chi connectivity index (χ0v) is 25.7. The fraction of sp³-hybridized carbons (Fsp3) is 0.912. The lowest BCUT2D eigenvalue weighted by atomic mass is 9.97. The van der Waals surface area contributed by atoms with Crippen LogP contribution in [0.5, 0.6) is 0 Å². The molecule has 0 heterocycles. The molecule has 0 saturated heterocycles. The van der Waals surface area contributed by atoms with E-state index >= 15 is 0 Å². The van der Waals surface area contributed by atoms with Crippen LogP contribution < -0.4 is 5.73 Å². The van der Waals surface area contributed by atoms with Gasteiger partial charge in [-0.2, -0.15) is 0 Å². The Morgan fingerprint density at radius 3 is 1.32 bits per heavy atom. The van der Waals surface area contributed by atoms with Crippen molar-refractivity contribution < 1.29 is 15.0 Å². The molecule has 226 valence electrons. The van der Waals surface area contributed by atoms with Crippen LogP contribution in [-0.4, -0.2) is 34.2 Å². The van der Waals surface area contributed by atoms with Gasteiger partial charge in [0.05, 0.1) is 12.1 Å². The van der Waals surface area contributed by atoms with Crippen molar-refractivity contribution in [2.24, 2.45) is 5.73 Å². The van der Waals surface area contributed by atoms with Crippen LogP contribution in [0.15, 0.2) is 12.2 Å². The number of hydrogen-bond donors (Lipinski definition) is 3. The van der Waals surface area contributed by atoms with E-state index in [0.29, 0.717) is 6.42 Å². The first kappa shape index (κ1) is 37.3. The molecule has 0 aromatic rings. The summed E-state index contributed by atoms with van der Waals surface area (Å²) in [4.78, 5) is 12.3. The normalized spacial score (nSPS) is 14.2. The molecule has 0 fully saturated rings. The highest BCUT2D eigenvalue weighted by atomic mass is 16.3. The number of rotatable bonds is 30. The van der Waals surface area contributed by atoms with Crippen molar-refractivity contribution in [1.29, 1.82) is 0 Å². The van der Waals surface area contributed by atoms with E-state index in [0.717, 1.165) is 32.1 Å². The van der Waals surface area contributed by atoms with E-state index in [1.807, 2.05) is 6.08 Å². The fourth-order valence-corrected chi connectivity index (χ4v) is 5.16. The van der Waals surface area contributed by atoms with Gasteiger partial charge in [-0.1, -0.05) is 167 Å². The smallest absolute Gasteiger partial charge is 0.162 e. The van der Waals surface area contributed by atoms with Gasteiger partial charge in [0.2, 0.25) is 0 Å². The van der Waals surface area contributed by atoms with Gasteiger partial charge < -0.3 is 15.9 Å². The second-order valence-corrected chi connectivity index (χ2v) is 11.7. The molecule has 0 spiro atoms. The third-order valence-corrected chi connectivity index (χ3v) is 7.92. The maximum atomic E-state index is 12.3. The summed E-state index contributed by atoms with van der Waals surface area (Å²) in [6.07, 6.45) is 33.5. The number of nitrogens with two attached hydrogens (primary N) is 1. The van der Waals surface area contributed by atoms with Crippen LogP contribution in [0, 0.1) is 0 Å². The molecule has 0 aliphatic rings. The minimum Gasteiger partial charge on any atom is -0.387 e. The summed E-state index contributed by atoms with van der Waals surface area (Å²) < 4.78 is 0. The van der Waals surface area contributed by atoms with Crippen LogP contribution in [0.25, 0.3) is 0 Å². The molecule has 4 heteroatoms. The molecule has 0 radical (unpaired) electrons. The standard InChI is InChI=1S/C34H67NO3/c1-3-5-7-9-11-13-15-17-19-21-23-25-27-29-31(36)33(35)34(38)32(37)30-28-26-24-22-20-18-16-14-12-10-8-6-4-2/h27,29,31,33-34,36,38H,3-26,28,30,35H2,1-2H3/b29-27+/t31-,33-,34?/m1/s1. The molecule has 0 rings (SSSR count). The second kappa shape index (κ2) is 29.3. The quantitative estimate of drug-likeness (QED) is 0.0629. The number of carbonyl (C=O) groups is 1. The zero-order valence-electron chi connectivity index (χ0n) is 25.7. The summed E-state index contributed by atoms with van der Waals surface area (Å²) in [6.45, 7) is 4.52. The Labute approximate surface area is 237 Å². The summed E-state index contributed by atoms with van der Waals surface area (Å²) in [5.41, 5.74) is 5.98. The lowest BCUT2D eigenvalue weighted by Gasteiger charge is -2.21. The van der Waals surface area contributed by atoms with Crippen molar-refractivity contribution in [2.45, 2.75) is 199 Å². The molecule has 0 bridgehead atoms. The van der Waals surface area contributed by atoms with Crippen LogP contribution in [0.4, 0.5) is 0 Å². The molecule has 0 amide bonds. The van der Waals surface area contributed by atoms with Crippen LogP contribution in [-0.2, 0) is 4.79 Å². The second-order valence-electron chi connectivity index (χ2n) is 11.7. The van der Waals surface area contributed by atoms with Gasteiger partial charge in [0.25, 0.3) is 0 Å². The largest absolute Gasteiger partial charge is 0.387 e. The molecule has 1 unspecified atom stereocenters. The minimum atomic E-state index is -1.28. The highest BCUT2D eigenvalue weighted by Gasteiger charge is 2.26. The Hall–Kier alpha value is -0.710. The minimum absolute atomic E-state index is 0.238. The Morgan fingerprint density at radius 1 is 0.579 bits per heavy atom. The van der Waals surface area contributed by atoms with Crippen molar-refractivity contribution in [1.82, 2.24) is 0 Å². The van der Waals surface area contributed by atoms with Crippen molar-refractivity contribution in [2.75, 3.05) is 0 Å². The molecule has 4 N–H and O–H groups in total. The number of allylic oxidation sites excluding steroid dienone is 1. The molecule has 0 aliphatic heterocycles. The maximum absolute atomic E-state index is 12.3. The summed E-state index contributed by atoms with van der Waals surface area (Å²) in [6, 6.07) is -0.946. The number of aliphatic hydroxyl groups excluding tert-OH is 2. The SMILES string of the molecule is CCCCCCCCCCCCC/C=C/[C@@H](O)[C@@H](N)C(O)C(=O)CCCCCCCCCCCCCCC. The predicted molar refractivity (Wildman–Crippen MR) is 166 cm³/mol. The Balaban J connectivity index is 3.65.